The van der Waals surface area contributed by atoms with Gasteiger partial charge in [0.1, 0.15) is 0 Å². The molecule has 0 unspecified atom stereocenters. The second kappa shape index (κ2) is 8.26. The summed E-state index contributed by atoms with van der Waals surface area (Å²) < 4.78 is 5.53. The molecule has 0 aliphatic heterocycles. The molecule has 2 N–H and O–H groups in total. The lowest BCUT2D eigenvalue weighted by Crippen LogP contribution is -2.17. The third kappa shape index (κ3) is 4.93. The van der Waals surface area contributed by atoms with Crippen LogP contribution in [0.4, 0.5) is 5.69 Å². The summed E-state index contributed by atoms with van der Waals surface area (Å²) in [5.41, 5.74) is 2.78. The smallest absolute Gasteiger partial charge is 0.255 e. The lowest BCUT2D eigenvalue weighted by molar-refractivity contribution is 0.0657. The standard InChI is InChI=1S/C19H22N2O3/c1-13(2)24-12-14-4-6-16(7-5-14)19(23)21-17-10-8-15(9-11-17)18(22)20-3/h4-11,13H,12H2,1-3H3,(H,20,22)(H,21,23). The van der Waals surface area contributed by atoms with E-state index in [1.807, 2.05) is 26.0 Å². The van der Waals surface area contributed by atoms with E-state index in [0.717, 1.165) is 5.56 Å². The maximum Gasteiger partial charge on any atom is 0.255 e. The van der Waals surface area contributed by atoms with Gasteiger partial charge in [0.25, 0.3) is 11.8 Å². The van der Waals surface area contributed by atoms with Gasteiger partial charge in [-0.1, -0.05) is 12.1 Å². The molecule has 0 aliphatic carbocycles. The molecule has 5 heteroatoms. The molecule has 0 heterocycles. The predicted molar refractivity (Wildman–Crippen MR) is 94.2 cm³/mol. The van der Waals surface area contributed by atoms with Crippen LogP contribution in [0.25, 0.3) is 0 Å². The summed E-state index contributed by atoms with van der Waals surface area (Å²) in [6.45, 7) is 4.50. The van der Waals surface area contributed by atoms with E-state index in [9.17, 15) is 9.59 Å². The van der Waals surface area contributed by atoms with Crippen molar-refractivity contribution in [3.8, 4) is 0 Å². The normalized spacial score (nSPS) is 10.5. The fourth-order valence-electron chi connectivity index (χ4n) is 2.07. The maximum absolute atomic E-state index is 12.2. The quantitative estimate of drug-likeness (QED) is 0.856. The number of anilines is 1. The number of amides is 2. The fraction of sp³-hybridized carbons (Fsp3) is 0.263. The minimum absolute atomic E-state index is 0.160. The molecule has 126 valence electrons. The zero-order chi connectivity index (χ0) is 17.5. The molecule has 0 bridgehead atoms. The summed E-state index contributed by atoms with van der Waals surface area (Å²) in [6.07, 6.45) is 0.172. The van der Waals surface area contributed by atoms with Gasteiger partial charge in [-0.15, -0.1) is 0 Å². The van der Waals surface area contributed by atoms with Gasteiger partial charge in [0.2, 0.25) is 0 Å². The second-order valence-electron chi connectivity index (χ2n) is 5.67. The average molecular weight is 326 g/mol. The molecule has 0 aliphatic rings. The number of hydrogen-bond acceptors (Lipinski definition) is 3. The van der Waals surface area contributed by atoms with Crippen LogP contribution in [0.1, 0.15) is 40.1 Å². The zero-order valence-corrected chi connectivity index (χ0v) is 14.1. The SMILES string of the molecule is CNC(=O)c1ccc(NC(=O)c2ccc(COC(C)C)cc2)cc1. The van der Waals surface area contributed by atoms with Crippen LogP contribution in [-0.4, -0.2) is 25.0 Å². The van der Waals surface area contributed by atoms with Crippen LogP contribution in [0, 0.1) is 0 Å². The highest BCUT2D eigenvalue weighted by Gasteiger charge is 2.08. The summed E-state index contributed by atoms with van der Waals surface area (Å²) >= 11 is 0. The van der Waals surface area contributed by atoms with Crippen molar-refractivity contribution in [3.63, 3.8) is 0 Å². The van der Waals surface area contributed by atoms with Crippen molar-refractivity contribution < 1.29 is 14.3 Å². The Bertz CT molecular complexity index is 692. The molecule has 5 nitrogen and oxygen atoms in total. The molecule has 0 saturated carbocycles. The third-order valence-electron chi connectivity index (χ3n) is 3.43. The van der Waals surface area contributed by atoms with Crippen molar-refractivity contribution in [2.45, 2.75) is 26.6 Å². The van der Waals surface area contributed by atoms with E-state index >= 15 is 0 Å². The first kappa shape index (κ1) is 17.7. The zero-order valence-electron chi connectivity index (χ0n) is 14.1. The van der Waals surface area contributed by atoms with Gasteiger partial charge in [-0.2, -0.15) is 0 Å². The molecule has 2 rings (SSSR count). The lowest BCUT2D eigenvalue weighted by Gasteiger charge is -2.09. The van der Waals surface area contributed by atoms with E-state index in [0.29, 0.717) is 23.4 Å². The van der Waals surface area contributed by atoms with Crippen molar-refractivity contribution in [1.29, 1.82) is 0 Å². The highest BCUT2D eigenvalue weighted by molar-refractivity contribution is 6.04. The van der Waals surface area contributed by atoms with Crippen LogP contribution < -0.4 is 10.6 Å². The van der Waals surface area contributed by atoms with Crippen molar-refractivity contribution in [1.82, 2.24) is 5.32 Å². The molecular weight excluding hydrogens is 304 g/mol. The van der Waals surface area contributed by atoms with Crippen LogP contribution >= 0.6 is 0 Å². The van der Waals surface area contributed by atoms with Crippen LogP contribution in [0.15, 0.2) is 48.5 Å². The topological polar surface area (TPSA) is 67.4 Å². The number of carbonyl (C=O) groups excluding carboxylic acids is 2. The summed E-state index contributed by atoms with van der Waals surface area (Å²) in [7, 11) is 1.58. The van der Waals surface area contributed by atoms with Gasteiger partial charge >= 0.3 is 0 Å². The number of hydrogen-bond donors (Lipinski definition) is 2. The first-order chi connectivity index (χ1) is 11.5. The molecule has 0 fully saturated rings. The number of ether oxygens (including phenoxy) is 1. The Morgan fingerprint density at radius 2 is 1.46 bits per heavy atom. The Kier molecular flexibility index (Phi) is 6.09. The third-order valence-corrected chi connectivity index (χ3v) is 3.43. The summed E-state index contributed by atoms with van der Waals surface area (Å²) in [5.74, 6) is -0.355. The molecule has 0 spiro atoms. The molecule has 2 aromatic carbocycles. The molecule has 24 heavy (non-hydrogen) atoms. The summed E-state index contributed by atoms with van der Waals surface area (Å²) in [6, 6.07) is 14.0. The predicted octanol–water partition coefficient (Wildman–Crippen LogP) is 3.22. The van der Waals surface area contributed by atoms with Crippen LogP contribution in [0.2, 0.25) is 0 Å². The van der Waals surface area contributed by atoms with Crippen molar-refractivity contribution >= 4 is 17.5 Å². The van der Waals surface area contributed by atoms with Gasteiger partial charge in [0, 0.05) is 23.9 Å². The average Bonchev–Trinajstić information content (AvgIpc) is 2.60. The van der Waals surface area contributed by atoms with Gasteiger partial charge in [-0.05, 0) is 55.8 Å². The number of rotatable bonds is 6. The summed E-state index contributed by atoms with van der Waals surface area (Å²) in [5, 5.41) is 5.36. The highest BCUT2D eigenvalue weighted by atomic mass is 16.5. The van der Waals surface area contributed by atoms with Gasteiger partial charge in [-0.25, -0.2) is 0 Å². The molecule has 0 aromatic heterocycles. The molecule has 0 atom stereocenters. The summed E-state index contributed by atoms with van der Waals surface area (Å²) in [4.78, 5) is 23.7. The van der Waals surface area contributed by atoms with Crippen molar-refractivity contribution in [2.75, 3.05) is 12.4 Å². The van der Waals surface area contributed by atoms with Gasteiger partial charge in [0.05, 0.1) is 12.7 Å². The van der Waals surface area contributed by atoms with Crippen molar-refractivity contribution in [2.24, 2.45) is 0 Å². The van der Waals surface area contributed by atoms with E-state index in [1.165, 1.54) is 0 Å². The van der Waals surface area contributed by atoms with Crippen molar-refractivity contribution in [3.05, 3.63) is 65.2 Å². The molecule has 2 aromatic rings. The highest BCUT2D eigenvalue weighted by Crippen LogP contribution is 2.13. The Balaban J connectivity index is 1.97. The van der Waals surface area contributed by atoms with Gasteiger partial charge < -0.3 is 15.4 Å². The molecule has 0 saturated heterocycles. The van der Waals surface area contributed by atoms with E-state index < -0.39 is 0 Å². The van der Waals surface area contributed by atoms with E-state index in [1.54, 1.807) is 43.4 Å². The van der Waals surface area contributed by atoms with E-state index in [4.69, 9.17) is 4.74 Å². The molecular formula is C19H22N2O3. The monoisotopic (exact) mass is 326 g/mol. The second-order valence-corrected chi connectivity index (χ2v) is 5.67. The van der Waals surface area contributed by atoms with E-state index in [-0.39, 0.29) is 17.9 Å². The number of benzene rings is 2. The molecule has 0 radical (unpaired) electrons. The van der Waals surface area contributed by atoms with Gasteiger partial charge in [-0.3, -0.25) is 9.59 Å². The minimum atomic E-state index is -0.195. The van der Waals surface area contributed by atoms with Crippen LogP contribution in [-0.2, 0) is 11.3 Å². The first-order valence-electron chi connectivity index (χ1n) is 7.83. The Morgan fingerprint density at radius 3 is 2.00 bits per heavy atom. The first-order valence-corrected chi connectivity index (χ1v) is 7.83. The number of nitrogens with one attached hydrogen (secondary N) is 2. The lowest BCUT2D eigenvalue weighted by atomic mass is 10.1. The molecule has 2 amide bonds. The Labute approximate surface area is 142 Å². The Hall–Kier alpha value is -2.66. The number of carbonyl (C=O) groups is 2. The minimum Gasteiger partial charge on any atom is -0.374 e. The Morgan fingerprint density at radius 1 is 0.917 bits per heavy atom. The van der Waals surface area contributed by atoms with E-state index in [2.05, 4.69) is 10.6 Å². The van der Waals surface area contributed by atoms with Crippen LogP contribution in [0.5, 0.6) is 0 Å². The van der Waals surface area contributed by atoms with Crippen LogP contribution in [0.3, 0.4) is 0 Å². The largest absolute Gasteiger partial charge is 0.374 e. The maximum atomic E-state index is 12.2. The van der Waals surface area contributed by atoms with Gasteiger partial charge in [0.15, 0.2) is 0 Å². The fourth-order valence-corrected chi connectivity index (χ4v) is 2.07.